The number of sulfonamides is 1. The summed E-state index contributed by atoms with van der Waals surface area (Å²) in [5, 5.41) is 0. The number of piperidine rings is 1. The number of benzene rings is 1. The predicted molar refractivity (Wildman–Crippen MR) is 110 cm³/mol. The Morgan fingerprint density at radius 1 is 1.10 bits per heavy atom. The zero-order chi connectivity index (χ0) is 22.8. The second-order valence-corrected chi connectivity index (χ2v) is 10.1. The number of amides is 1. The van der Waals surface area contributed by atoms with E-state index in [0.717, 1.165) is 12.1 Å². The van der Waals surface area contributed by atoms with Crippen molar-refractivity contribution in [1.82, 2.24) is 9.21 Å². The highest BCUT2D eigenvalue weighted by molar-refractivity contribution is 7.89. The quantitative estimate of drug-likeness (QED) is 0.628. The van der Waals surface area contributed by atoms with E-state index in [9.17, 15) is 22.4 Å². The van der Waals surface area contributed by atoms with Gasteiger partial charge in [-0.15, -0.1) is 0 Å². The molecule has 0 aliphatic carbocycles. The third-order valence-corrected chi connectivity index (χ3v) is 7.52. The molecule has 0 saturated carbocycles. The normalized spacial score (nSPS) is 24.6. The van der Waals surface area contributed by atoms with Gasteiger partial charge in [-0.25, -0.2) is 12.8 Å². The monoisotopic (exact) mass is 456 g/mol. The van der Waals surface area contributed by atoms with Crippen molar-refractivity contribution in [3.8, 4) is 0 Å². The fourth-order valence-electron chi connectivity index (χ4n) is 4.02. The van der Waals surface area contributed by atoms with Crippen molar-refractivity contribution in [3.63, 3.8) is 0 Å². The maximum atomic E-state index is 13.1. The molecule has 31 heavy (non-hydrogen) atoms. The fourth-order valence-corrected chi connectivity index (χ4v) is 5.49. The molecule has 0 spiro atoms. The van der Waals surface area contributed by atoms with Crippen LogP contribution in [0.1, 0.15) is 33.6 Å². The van der Waals surface area contributed by atoms with Crippen LogP contribution in [0.25, 0.3) is 0 Å². The molecule has 3 atom stereocenters. The van der Waals surface area contributed by atoms with Crippen molar-refractivity contribution in [2.75, 3.05) is 26.2 Å². The van der Waals surface area contributed by atoms with Gasteiger partial charge >= 0.3 is 5.97 Å². The average Bonchev–Trinajstić information content (AvgIpc) is 2.72. The molecule has 0 radical (unpaired) electrons. The highest BCUT2D eigenvalue weighted by atomic mass is 32.2. The number of hydrogen-bond donors (Lipinski definition) is 0. The van der Waals surface area contributed by atoms with E-state index in [1.165, 1.54) is 16.4 Å². The number of morpholine rings is 1. The van der Waals surface area contributed by atoms with E-state index in [4.69, 9.17) is 9.47 Å². The summed E-state index contributed by atoms with van der Waals surface area (Å²) in [6.45, 7) is 6.54. The molecule has 2 heterocycles. The van der Waals surface area contributed by atoms with E-state index < -0.39 is 33.8 Å². The number of hydrogen-bond acceptors (Lipinski definition) is 6. The molecule has 2 fully saturated rings. The highest BCUT2D eigenvalue weighted by Crippen LogP contribution is 2.25. The van der Waals surface area contributed by atoms with Gasteiger partial charge in [0.25, 0.3) is 5.91 Å². The summed E-state index contributed by atoms with van der Waals surface area (Å²) < 4.78 is 50.8. The van der Waals surface area contributed by atoms with Gasteiger partial charge in [-0.1, -0.05) is 0 Å². The summed E-state index contributed by atoms with van der Waals surface area (Å²) in [7, 11) is -3.75. The first-order valence-corrected chi connectivity index (χ1v) is 11.9. The molecule has 0 aromatic heterocycles. The smallest absolute Gasteiger partial charge is 0.309 e. The molecule has 2 aliphatic heterocycles. The molecule has 0 bridgehead atoms. The van der Waals surface area contributed by atoms with E-state index in [1.807, 2.05) is 13.8 Å². The van der Waals surface area contributed by atoms with Gasteiger partial charge in [0, 0.05) is 26.2 Å². The van der Waals surface area contributed by atoms with Gasteiger partial charge < -0.3 is 14.4 Å². The lowest BCUT2D eigenvalue weighted by Gasteiger charge is -2.36. The van der Waals surface area contributed by atoms with Gasteiger partial charge in [0.2, 0.25) is 10.0 Å². The zero-order valence-corrected chi connectivity index (χ0v) is 18.8. The van der Waals surface area contributed by atoms with Crippen LogP contribution in [0.15, 0.2) is 29.2 Å². The molecule has 2 saturated heterocycles. The molecule has 2 aliphatic rings. The summed E-state index contributed by atoms with van der Waals surface area (Å²) in [4.78, 5) is 26.9. The molecule has 172 valence electrons. The number of halogens is 1. The Bertz CT molecular complexity index is 889. The number of nitrogens with zero attached hydrogens (tertiary/aromatic N) is 2. The SMILES string of the molecule is CC1CN(C(=O)C(C)OC(=O)C2CCN(S(=O)(=O)c3ccc(F)cc3)CC2)CC(C)O1. The minimum absolute atomic E-state index is 0.0168. The Morgan fingerprint density at radius 3 is 2.19 bits per heavy atom. The molecule has 3 rings (SSSR count). The van der Waals surface area contributed by atoms with Crippen LogP contribution in [0.5, 0.6) is 0 Å². The molecule has 1 amide bonds. The van der Waals surface area contributed by atoms with Gasteiger partial charge in [0.15, 0.2) is 6.10 Å². The molecular weight excluding hydrogens is 427 g/mol. The maximum absolute atomic E-state index is 13.1. The summed E-state index contributed by atoms with van der Waals surface area (Å²) in [6.07, 6.45) is -0.477. The lowest BCUT2D eigenvalue weighted by molar-refractivity contribution is -0.167. The first-order chi connectivity index (χ1) is 14.6. The topological polar surface area (TPSA) is 93.2 Å². The average molecular weight is 457 g/mol. The largest absolute Gasteiger partial charge is 0.452 e. The standard InChI is InChI=1S/C21H29FN2O6S/c1-14-12-23(13-15(2)29-14)20(25)16(3)30-21(26)17-8-10-24(11-9-17)31(27,28)19-6-4-18(22)5-7-19/h4-7,14-17H,8-13H2,1-3H3. The molecule has 1 aromatic rings. The maximum Gasteiger partial charge on any atom is 0.309 e. The first kappa shape index (κ1) is 23.6. The van der Waals surface area contributed by atoms with Crippen molar-refractivity contribution < 1.29 is 31.9 Å². The Hall–Kier alpha value is -2.04. The third-order valence-electron chi connectivity index (χ3n) is 5.61. The summed E-state index contributed by atoms with van der Waals surface area (Å²) in [5.74, 6) is -1.73. The van der Waals surface area contributed by atoms with E-state index in [-0.39, 0.29) is 36.1 Å². The minimum Gasteiger partial charge on any atom is -0.452 e. The van der Waals surface area contributed by atoms with Crippen molar-refractivity contribution in [2.45, 2.75) is 56.8 Å². The van der Waals surface area contributed by atoms with E-state index in [2.05, 4.69) is 0 Å². The van der Waals surface area contributed by atoms with Gasteiger partial charge in [0.1, 0.15) is 5.82 Å². The summed E-state index contributed by atoms with van der Waals surface area (Å²) in [6, 6.07) is 4.66. The fraction of sp³-hybridized carbons (Fsp3) is 0.619. The molecule has 10 heteroatoms. The minimum atomic E-state index is -3.75. The molecule has 1 aromatic carbocycles. The zero-order valence-electron chi connectivity index (χ0n) is 18.0. The molecule has 8 nitrogen and oxygen atoms in total. The van der Waals surface area contributed by atoms with Crippen LogP contribution in [0.4, 0.5) is 4.39 Å². The van der Waals surface area contributed by atoms with E-state index in [1.54, 1.807) is 11.8 Å². The molecule has 0 N–H and O–H groups in total. The van der Waals surface area contributed by atoms with Gasteiger partial charge in [0.05, 0.1) is 23.0 Å². The summed E-state index contributed by atoms with van der Waals surface area (Å²) >= 11 is 0. The van der Waals surface area contributed by atoms with Crippen molar-refractivity contribution in [3.05, 3.63) is 30.1 Å². The van der Waals surface area contributed by atoms with Crippen LogP contribution >= 0.6 is 0 Å². The van der Waals surface area contributed by atoms with Crippen molar-refractivity contribution in [1.29, 1.82) is 0 Å². The van der Waals surface area contributed by atoms with Crippen LogP contribution in [0.3, 0.4) is 0 Å². The van der Waals surface area contributed by atoms with Crippen LogP contribution in [-0.2, 0) is 29.1 Å². The number of rotatable bonds is 5. The second kappa shape index (κ2) is 9.62. The van der Waals surface area contributed by atoms with Crippen LogP contribution in [0, 0.1) is 11.7 Å². The molecule has 3 unspecified atom stereocenters. The van der Waals surface area contributed by atoms with Crippen LogP contribution < -0.4 is 0 Å². The highest BCUT2D eigenvalue weighted by Gasteiger charge is 2.35. The number of carbonyl (C=O) groups excluding carboxylic acids is 2. The van der Waals surface area contributed by atoms with E-state index >= 15 is 0 Å². The number of esters is 1. The van der Waals surface area contributed by atoms with Crippen LogP contribution in [-0.4, -0.2) is 74.0 Å². The van der Waals surface area contributed by atoms with Gasteiger partial charge in [-0.3, -0.25) is 9.59 Å². The predicted octanol–water partition coefficient (Wildman–Crippen LogP) is 1.79. The van der Waals surface area contributed by atoms with Crippen molar-refractivity contribution in [2.24, 2.45) is 5.92 Å². The second-order valence-electron chi connectivity index (χ2n) is 8.21. The number of ether oxygens (including phenoxy) is 2. The Kier molecular flexibility index (Phi) is 7.33. The summed E-state index contributed by atoms with van der Waals surface area (Å²) in [5.41, 5.74) is 0. The van der Waals surface area contributed by atoms with Gasteiger partial charge in [-0.05, 0) is 57.9 Å². The third kappa shape index (κ3) is 5.61. The van der Waals surface area contributed by atoms with Crippen molar-refractivity contribution >= 4 is 21.9 Å². The lowest BCUT2D eigenvalue weighted by atomic mass is 9.98. The Balaban J connectivity index is 1.53. The lowest BCUT2D eigenvalue weighted by Crippen LogP contribution is -2.51. The van der Waals surface area contributed by atoms with Gasteiger partial charge in [-0.2, -0.15) is 4.31 Å². The van der Waals surface area contributed by atoms with E-state index in [0.29, 0.717) is 25.9 Å². The van der Waals surface area contributed by atoms with Crippen LogP contribution in [0.2, 0.25) is 0 Å². The molecular formula is C21H29FN2O6S. The Labute approximate surface area is 182 Å². The Morgan fingerprint density at radius 2 is 1.65 bits per heavy atom. The first-order valence-electron chi connectivity index (χ1n) is 10.5. The number of carbonyl (C=O) groups is 2.